The average Bonchev–Trinajstić information content (AvgIpc) is 3.19. The summed E-state index contributed by atoms with van der Waals surface area (Å²) in [5.74, 6) is -2.49. The third kappa shape index (κ3) is 28.1. The lowest BCUT2D eigenvalue weighted by molar-refractivity contribution is -0.298. The van der Waals surface area contributed by atoms with Crippen LogP contribution in [0.2, 0.25) is 0 Å². The highest BCUT2D eigenvalue weighted by atomic mass is 16.7. The molecule has 1 saturated heterocycles. The number of allylic oxidation sites excluding steroid dienone is 10. The minimum absolute atomic E-state index is 0.165. The molecule has 0 spiro atoms. The largest absolute Gasteiger partial charge is 0.479 e. The zero-order chi connectivity index (χ0) is 41.8. The van der Waals surface area contributed by atoms with E-state index in [9.17, 15) is 34.8 Å². The summed E-state index contributed by atoms with van der Waals surface area (Å²) in [7, 11) is 0. The Hall–Kier alpha value is -3.09. The highest BCUT2D eigenvalue weighted by Gasteiger charge is 2.47. The van der Waals surface area contributed by atoms with E-state index in [0.29, 0.717) is 12.8 Å². The van der Waals surface area contributed by atoms with Crippen LogP contribution in [0, 0.1) is 0 Å². The smallest absolute Gasteiger partial charge is 0.335 e. The van der Waals surface area contributed by atoms with Crippen molar-refractivity contribution in [3.8, 4) is 0 Å². The number of aliphatic carboxylic acids is 1. The summed E-state index contributed by atoms with van der Waals surface area (Å²) in [6.45, 7) is 3.65. The maximum Gasteiger partial charge on any atom is 0.335 e. The highest BCUT2D eigenvalue weighted by molar-refractivity contribution is 5.73. The minimum atomic E-state index is -1.87. The van der Waals surface area contributed by atoms with Crippen molar-refractivity contribution in [2.75, 3.05) is 13.2 Å². The molecule has 11 heteroatoms. The number of carbonyl (C=O) groups is 3. The Morgan fingerprint density at radius 1 is 0.561 bits per heavy atom. The first kappa shape index (κ1) is 51.9. The van der Waals surface area contributed by atoms with Crippen molar-refractivity contribution >= 4 is 17.9 Å². The van der Waals surface area contributed by atoms with Gasteiger partial charge in [-0.2, -0.15) is 0 Å². The lowest BCUT2D eigenvalue weighted by atomic mass is 9.99. The van der Waals surface area contributed by atoms with E-state index < -0.39 is 61.3 Å². The Kier molecular flexibility index (Phi) is 32.8. The summed E-state index contributed by atoms with van der Waals surface area (Å²) < 4.78 is 21.7. The Balaban J connectivity index is 2.41. The van der Waals surface area contributed by atoms with Crippen molar-refractivity contribution in [3.05, 3.63) is 60.8 Å². The second kappa shape index (κ2) is 36.0. The van der Waals surface area contributed by atoms with Crippen molar-refractivity contribution in [3.63, 3.8) is 0 Å². The fraction of sp³-hybridized carbons (Fsp3) is 0.717. The van der Waals surface area contributed by atoms with Gasteiger partial charge in [0.25, 0.3) is 0 Å². The van der Waals surface area contributed by atoms with Crippen molar-refractivity contribution in [1.82, 2.24) is 0 Å². The zero-order valence-electron chi connectivity index (χ0n) is 35.1. The third-order valence-electron chi connectivity index (χ3n) is 9.60. The molecule has 1 fully saturated rings. The van der Waals surface area contributed by atoms with Gasteiger partial charge in [0.15, 0.2) is 18.5 Å². The van der Waals surface area contributed by atoms with Crippen LogP contribution in [0.3, 0.4) is 0 Å². The third-order valence-corrected chi connectivity index (χ3v) is 9.60. The molecule has 6 unspecified atom stereocenters. The summed E-state index contributed by atoms with van der Waals surface area (Å²) in [5, 5.41) is 39.8. The van der Waals surface area contributed by atoms with Crippen LogP contribution in [-0.2, 0) is 33.3 Å². The molecule has 1 aliphatic heterocycles. The molecule has 4 N–H and O–H groups in total. The van der Waals surface area contributed by atoms with Gasteiger partial charge in [0.2, 0.25) is 0 Å². The summed E-state index contributed by atoms with van der Waals surface area (Å²) in [5.41, 5.74) is 0. The second-order valence-electron chi connectivity index (χ2n) is 14.8. The first-order chi connectivity index (χ1) is 27.7. The van der Waals surface area contributed by atoms with Crippen LogP contribution in [-0.4, -0.2) is 88.4 Å². The van der Waals surface area contributed by atoms with Gasteiger partial charge in [-0.25, -0.2) is 4.79 Å². The molecule has 1 rings (SSSR count). The number of aliphatic hydroxyl groups is 3. The van der Waals surface area contributed by atoms with Crippen molar-refractivity contribution in [1.29, 1.82) is 0 Å². The van der Waals surface area contributed by atoms with Crippen LogP contribution in [0.25, 0.3) is 0 Å². The maximum absolute atomic E-state index is 12.7. The predicted molar refractivity (Wildman–Crippen MR) is 224 cm³/mol. The molecule has 0 aromatic rings. The molecule has 0 aromatic heterocycles. The van der Waals surface area contributed by atoms with Crippen LogP contribution in [0.4, 0.5) is 0 Å². The SMILES string of the molecule is CC/C=C\C/C=C\C/C=C\C/C=C\CCCCCCC(=O)OCC(COC1OC(C(=O)O)C(O)C(O)C1O)OC(=O)CCCCCCC/C=C\CCCCCCC. The molecular weight excluding hydrogens is 728 g/mol. The molecule has 0 radical (unpaired) electrons. The second-order valence-corrected chi connectivity index (χ2v) is 14.8. The van der Waals surface area contributed by atoms with Gasteiger partial charge in [0, 0.05) is 12.8 Å². The van der Waals surface area contributed by atoms with E-state index in [-0.39, 0.29) is 19.4 Å². The number of hydrogen-bond donors (Lipinski definition) is 4. The lowest BCUT2D eigenvalue weighted by Crippen LogP contribution is -2.60. The monoisotopic (exact) mass is 805 g/mol. The van der Waals surface area contributed by atoms with E-state index in [1.165, 1.54) is 32.1 Å². The van der Waals surface area contributed by atoms with Crippen LogP contribution < -0.4 is 0 Å². The van der Waals surface area contributed by atoms with Gasteiger partial charge in [-0.3, -0.25) is 9.59 Å². The molecule has 1 aliphatic rings. The Morgan fingerprint density at radius 2 is 1.04 bits per heavy atom. The summed E-state index contributed by atoms with van der Waals surface area (Å²) in [4.78, 5) is 36.8. The molecular formula is C46H76O11. The maximum atomic E-state index is 12.7. The Morgan fingerprint density at radius 3 is 1.58 bits per heavy atom. The quantitative estimate of drug-likeness (QED) is 0.0274. The topological polar surface area (TPSA) is 169 Å². The summed E-state index contributed by atoms with van der Waals surface area (Å²) >= 11 is 0. The standard InChI is InChI=1S/C46H76O11/c1-3-5-7-9-11-13-15-17-19-20-21-23-24-26-28-30-32-34-39(47)54-36-38(37-55-46-43(51)41(49)42(50)44(57-46)45(52)53)56-40(48)35-33-31-29-27-25-22-18-16-14-12-10-8-6-4-2/h5,7,11,13,16-19,21,23,38,41-44,46,49-51H,3-4,6,8-10,12,14-15,20,22,24-37H2,1-2H3,(H,52,53)/b7-5-,13-11-,18-16-,19-17-,23-21-. The van der Waals surface area contributed by atoms with E-state index in [0.717, 1.165) is 89.9 Å². The molecule has 0 saturated carbocycles. The molecule has 11 nitrogen and oxygen atoms in total. The number of unbranched alkanes of at least 4 members (excludes halogenated alkanes) is 14. The molecule has 1 heterocycles. The average molecular weight is 805 g/mol. The number of esters is 2. The van der Waals surface area contributed by atoms with Crippen molar-refractivity contribution in [2.24, 2.45) is 0 Å². The van der Waals surface area contributed by atoms with Gasteiger partial charge < -0.3 is 39.4 Å². The number of carbonyl (C=O) groups excluding carboxylic acids is 2. The first-order valence-electron chi connectivity index (χ1n) is 21.8. The normalized spacial score (nSPS) is 20.8. The van der Waals surface area contributed by atoms with E-state index in [1.807, 2.05) is 0 Å². The summed E-state index contributed by atoms with van der Waals surface area (Å²) in [6.07, 6.45) is 34.1. The van der Waals surface area contributed by atoms with Crippen LogP contribution >= 0.6 is 0 Å². The predicted octanol–water partition coefficient (Wildman–Crippen LogP) is 9.14. The van der Waals surface area contributed by atoms with Crippen molar-refractivity contribution in [2.45, 2.75) is 198 Å². The number of rotatable bonds is 35. The Bertz CT molecular complexity index is 1180. The number of ether oxygens (including phenoxy) is 4. The van der Waals surface area contributed by atoms with E-state index in [4.69, 9.17) is 18.9 Å². The Labute approximate surface area is 343 Å². The van der Waals surface area contributed by atoms with Gasteiger partial charge in [-0.05, 0) is 77.0 Å². The molecule has 0 amide bonds. The summed E-state index contributed by atoms with van der Waals surface area (Å²) in [6, 6.07) is 0. The molecule has 326 valence electrons. The van der Waals surface area contributed by atoms with Gasteiger partial charge in [0.05, 0.1) is 6.61 Å². The number of hydrogen-bond acceptors (Lipinski definition) is 10. The van der Waals surface area contributed by atoms with Gasteiger partial charge in [-0.1, -0.05) is 132 Å². The molecule has 0 bridgehead atoms. The number of carboxylic acids is 1. The van der Waals surface area contributed by atoms with Gasteiger partial charge >= 0.3 is 17.9 Å². The number of aliphatic hydroxyl groups excluding tert-OH is 3. The fourth-order valence-corrected chi connectivity index (χ4v) is 6.16. The molecule has 0 aromatic carbocycles. The minimum Gasteiger partial charge on any atom is -0.479 e. The first-order valence-corrected chi connectivity index (χ1v) is 21.8. The molecule has 57 heavy (non-hydrogen) atoms. The van der Waals surface area contributed by atoms with E-state index >= 15 is 0 Å². The fourth-order valence-electron chi connectivity index (χ4n) is 6.16. The molecule has 0 aliphatic carbocycles. The van der Waals surface area contributed by atoms with E-state index in [1.54, 1.807) is 0 Å². The lowest BCUT2D eigenvalue weighted by Gasteiger charge is -2.38. The highest BCUT2D eigenvalue weighted by Crippen LogP contribution is 2.23. The number of carboxylic acid groups (broad SMARTS) is 1. The van der Waals surface area contributed by atoms with Crippen LogP contribution in [0.1, 0.15) is 162 Å². The van der Waals surface area contributed by atoms with Crippen LogP contribution in [0.5, 0.6) is 0 Å². The van der Waals surface area contributed by atoms with Gasteiger partial charge in [0.1, 0.15) is 24.9 Å². The zero-order valence-corrected chi connectivity index (χ0v) is 35.1. The van der Waals surface area contributed by atoms with Gasteiger partial charge in [-0.15, -0.1) is 0 Å². The van der Waals surface area contributed by atoms with E-state index in [2.05, 4.69) is 74.6 Å². The van der Waals surface area contributed by atoms with Crippen LogP contribution in [0.15, 0.2) is 60.8 Å². The molecule has 6 atom stereocenters. The van der Waals surface area contributed by atoms with Crippen molar-refractivity contribution < 1.29 is 53.8 Å².